The highest BCUT2D eigenvalue weighted by molar-refractivity contribution is 5.78. The van der Waals surface area contributed by atoms with E-state index in [4.69, 9.17) is 0 Å². The lowest BCUT2D eigenvalue weighted by Gasteiger charge is -2.39. The monoisotopic (exact) mass is 416 g/mol. The van der Waals surface area contributed by atoms with Crippen molar-refractivity contribution < 1.29 is 9.18 Å². The molecule has 0 radical (unpaired) electrons. The van der Waals surface area contributed by atoms with Crippen LogP contribution >= 0.6 is 0 Å². The van der Waals surface area contributed by atoms with Gasteiger partial charge < -0.3 is 10.6 Å². The third-order valence-electron chi connectivity index (χ3n) is 7.99. The molecule has 168 valence electrons. The van der Waals surface area contributed by atoms with E-state index in [1.807, 2.05) is 0 Å². The first-order chi connectivity index (χ1) is 14.6. The maximum Gasteiger partial charge on any atom is 0.223 e. The standard InChI is InChI=1S/C26H41FN2O/c27-23-6-4-5-20(11-14-23)7-8-21-9-12-22(13-10-21)25(30)28-19-26(29-24-15-16-24)17-2-1-3-18-26/h20-24,29H,1-6,9-19H2,(H,28,30). The van der Waals surface area contributed by atoms with E-state index in [1.165, 1.54) is 44.9 Å². The molecule has 2 unspecified atom stereocenters. The van der Waals surface area contributed by atoms with Crippen LogP contribution in [0.1, 0.15) is 103 Å². The highest BCUT2D eigenvalue weighted by Crippen LogP contribution is 2.33. The van der Waals surface area contributed by atoms with Crippen molar-refractivity contribution in [2.75, 3.05) is 6.54 Å². The molecule has 3 nitrogen and oxygen atoms in total. The summed E-state index contributed by atoms with van der Waals surface area (Å²) in [4.78, 5) is 12.9. The summed E-state index contributed by atoms with van der Waals surface area (Å²) in [6.07, 6.45) is 16.7. The molecule has 0 heterocycles. The minimum atomic E-state index is -0.613. The molecule has 4 fully saturated rings. The second-order valence-corrected chi connectivity index (χ2v) is 10.6. The Labute approximate surface area is 182 Å². The van der Waals surface area contributed by atoms with Crippen LogP contribution in [0.3, 0.4) is 0 Å². The Kier molecular flexibility index (Phi) is 7.74. The summed E-state index contributed by atoms with van der Waals surface area (Å²) in [5, 5.41) is 7.20. The molecule has 4 saturated carbocycles. The molecule has 0 saturated heterocycles. The molecule has 2 atom stereocenters. The lowest BCUT2D eigenvalue weighted by Crippen LogP contribution is -2.56. The highest BCUT2D eigenvalue weighted by atomic mass is 19.1. The van der Waals surface area contributed by atoms with Gasteiger partial charge in [-0.2, -0.15) is 0 Å². The predicted octanol–water partition coefficient (Wildman–Crippen LogP) is 5.29. The van der Waals surface area contributed by atoms with Crippen molar-refractivity contribution in [2.24, 2.45) is 17.8 Å². The SMILES string of the molecule is O=C(NCC1(NC2CC2)CCCCC1)C1CCC(C#CC2CCCC(F)CC2)CC1. The number of hydrogen-bond acceptors (Lipinski definition) is 2. The normalized spacial score (nSPS) is 34.3. The zero-order valence-corrected chi connectivity index (χ0v) is 18.7. The summed E-state index contributed by atoms with van der Waals surface area (Å²) in [6.45, 7) is 0.805. The molecule has 0 aliphatic heterocycles. The van der Waals surface area contributed by atoms with E-state index in [-0.39, 0.29) is 17.4 Å². The van der Waals surface area contributed by atoms with Crippen molar-refractivity contribution in [3.8, 4) is 11.8 Å². The molecule has 0 aromatic heterocycles. The van der Waals surface area contributed by atoms with Gasteiger partial charge in [0.2, 0.25) is 5.91 Å². The minimum absolute atomic E-state index is 0.148. The molecular formula is C26H41FN2O. The molecule has 4 aliphatic carbocycles. The van der Waals surface area contributed by atoms with E-state index in [2.05, 4.69) is 22.5 Å². The fraction of sp³-hybridized carbons (Fsp3) is 0.885. The zero-order valence-electron chi connectivity index (χ0n) is 18.7. The first-order valence-electron chi connectivity index (χ1n) is 12.8. The van der Waals surface area contributed by atoms with Gasteiger partial charge in [-0.25, -0.2) is 4.39 Å². The molecule has 2 N–H and O–H groups in total. The summed E-state index contributed by atoms with van der Waals surface area (Å²) in [5.41, 5.74) is 0.148. The number of carbonyl (C=O) groups excluding carboxylic acids is 1. The van der Waals surface area contributed by atoms with Gasteiger partial charge in [0.1, 0.15) is 6.17 Å². The van der Waals surface area contributed by atoms with Crippen molar-refractivity contribution >= 4 is 5.91 Å². The van der Waals surface area contributed by atoms with E-state index in [0.717, 1.165) is 57.9 Å². The van der Waals surface area contributed by atoms with Gasteiger partial charge in [0.15, 0.2) is 0 Å². The van der Waals surface area contributed by atoms with Crippen molar-refractivity contribution in [3.63, 3.8) is 0 Å². The number of rotatable bonds is 5. The molecule has 4 rings (SSSR count). The van der Waals surface area contributed by atoms with Crippen LogP contribution in [0.2, 0.25) is 0 Å². The Morgan fingerprint density at radius 1 is 0.800 bits per heavy atom. The fourth-order valence-electron chi connectivity index (χ4n) is 5.80. The average molecular weight is 417 g/mol. The highest BCUT2D eigenvalue weighted by Gasteiger charge is 2.38. The Balaban J connectivity index is 1.20. The number of alkyl halides is 1. The van der Waals surface area contributed by atoms with Crippen LogP contribution in [0, 0.1) is 29.6 Å². The van der Waals surface area contributed by atoms with Crippen LogP contribution in [0.4, 0.5) is 4.39 Å². The minimum Gasteiger partial charge on any atom is -0.354 e. The van der Waals surface area contributed by atoms with Gasteiger partial charge in [-0.3, -0.25) is 4.79 Å². The Hall–Kier alpha value is -1.08. The Morgan fingerprint density at radius 2 is 1.47 bits per heavy atom. The summed E-state index contributed by atoms with van der Waals surface area (Å²) >= 11 is 0. The predicted molar refractivity (Wildman–Crippen MR) is 120 cm³/mol. The van der Waals surface area contributed by atoms with Gasteiger partial charge in [-0.05, 0) is 83.5 Å². The second kappa shape index (κ2) is 10.5. The van der Waals surface area contributed by atoms with Gasteiger partial charge in [0.25, 0.3) is 0 Å². The zero-order chi connectivity index (χ0) is 20.8. The van der Waals surface area contributed by atoms with Crippen molar-refractivity contribution in [1.29, 1.82) is 0 Å². The van der Waals surface area contributed by atoms with Crippen molar-refractivity contribution in [2.45, 2.75) is 120 Å². The third-order valence-corrected chi connectivity index (χ3v) is 7.99. The van der Waals surface area contributed by atoms with Crippen LogP contribution in [-0.4, -0.2) is 30.2 Å². The summed E-state index contributed by atoms with van der Waals surface area (Å²) in [7, 11) is 0. The molecule has 0 spiro atoms. The molecule has 4 aliphatic rings. The van der Waals surface area contributed by atoms with E-state index in [9.17, 15) is 9.18 Å². The second-order valence-electron chi connectivity index (χ2n) is 10.6. The third kappa shape index (κ3) is 6.46. The topological polar surface area (TPSA) is 41.1 Å². The van der Waals surface area contributed by atoms with Gasteiger partial charge in [-0.15, -0.1) is 0 Å². The maximum absolute atomic E-state index is 13.5. The molecule has 30 heavy (non-hydrogen) atoms. The average Bonchev–Trinajstić information content (AvgIpc) is 3.60. The summed E-state index contributed by atoms with van der Waals surface area (Å²) in [6, 6.07) is 0.693. The number of halogens is 1. The lowest BCUT2D eigenvalue weighted by atomic mass is 9.80. The number of carbonyl (C=O) groups is 1. The van der Waals surface area contributed by atoms with Gasteiger partial charge in [0, 0.05) is 35.9 Å². The van der Waals surface area contributed by atoms with Crippen LogP contribution in [0.5, 0.6) is 0 Å². The van der Waals surface area contributed by atoms with Gasteiger partial charge in [0.05, 0.1) is 0 Å². The largest absolute Gasteiger partial charge is 0.354 e. The van der Waals surface area contributed by atoms with E-state index in [0.29, 0.717) is 24.3 Å². The maximum atomic E-state index is 13.5. The fourth-order valence-corrected chi connectivity index (χ4v) is 5.80. The van der Waals surface area contributed by atoms with E-state index >= 15 is 0 Å². The van der Waals surface area contributed by atoms with Crippen LogP contribution in [0.25, 0.3) is 0 Å². The lowest BCUT2D eigenvalue weighted by molar-refractivity contribution is -0.126. The summed E-state index contributed by atoms with van der Waals surface area (Å²) < 4.78 is 13.5. The van der Waals surface area contributed by atoms with Crippen LogP contribution in [0.15, 0.2) is 0 Å². The van der Waals surface area contributed by atoms with Gasteiger partial charge >= 0.3 is 0 Å². The Morgan fingerprint density at radius 3 is 2.17 bits per heavy atom. The van der Waals surface area contributed by atoms with Gasteiger partial charge in [-0.1, -0.05) is 31.1 Å². The number of nitrogens with one attached hydrogen (secondary N) is 2. The molecule has 0 aromatic carbocycles. The molecular weight excluding hydrogens is 375 g/mol. The number of amides is 1. The summed E-state index contributed by atoms with van der Waals surface area (Å²) in [5.74, 6) is 8.21. The van der Waals surface area contributed by atoms with Crippen molar-refractivity contribution in [3.05, 3.63) is 0 Å². The molecule has 4 heteroatoms. The smallest absolute Gasteiger partial charge is 0.223 e. The number of hydrogen-bond donors (Lipinski definition) is 2. The Bertz CT molecular complexity index is 621. The quantitative estimate of drug-likeness (QED) is 0.472. The van der Waals surface area contributed by atoms with Crippen LogP contribution in [-0.2, 0) is 4.79 Å². The first-order valence-corrected chi connectivity index (χ1v) is 12.8. The van der Waals surface area contributed by atoms with E-state index in [1.54, 1.807) is 0 Å². The van der Waals surface area contributed by atoms with E-state index < -0.39 is 6.17 Å². The van der Waals surface area contributed by atoms with Crippen LogP contribution < -0.4 is 10.6 Å². The molecule has 1 amide bonds. The van der Waals surface area contributed by atoms with Crippen molar-refractivity contribution in [1.82, 2.24) is 10.6 Å². The molecule has 0 bridgehead atoms. The first kappa shape index (κ1) is 22.1. The molecule has 0 aromatic rings.